The molecule has 1 aromatic rings. The van der Waals surface area contributed by atoms with Crippen LogP contribution in [0.5, 0.6) is 0 Å². The number of H-pyrrole nitrogens is 1. The molecule has 0 saturated heterocycles. The molecular weight excluding hydrogens is 268 g/mol. The zero-order chi connectivity index (χ0) is 15.6. The molecule has 0 bridgehead atoms. The largest absolute Gasteiger partial charge is 0.383 e. The highest BCUT2D eigenvalue weighted by Crippen LogP contribution is 2.29. The van der Waals surface area contributed by atoms with Crippen molar-refractivity contribution in [2.75, 3.05) is 11.1 Å². The maximum Gasteiger partial charge on any atom is 0.330 e. The third-order valence-electron chi connectivity index (χ3n) is 4.27. The van der Waals surface area contributed by atoms with Crippen molar-refractivity contribution in [3.63, 3.8) is 0 Å². The van der Waals surface area contributed by atoms with Crippen molar-refractivity contribution in [1.29, 1.82) is 0 Å². The highest BCUT2D eigenvalue weighted by atomic mass is 16.2. The van der Waals surface area contributed by atoms with Crippen LogP contribution in [0, 0.1) is 11.8 Å². The molecule has 0 spiro atoms. The molecule has 1 unspecified atom stereocenters. The van der Waals surface area contributed by atoms with Crippen LogP contribution in [-0.2, 0) is 6.54 Å². The van der Waals surface area contributed by atoms with Crippen molar-refractivity contribution >= 4 is 11.5 Å². The first-order chi connectivity index (χ1) is 9.90. The molecular formula is C15H26N4O2. The summed E-state index contributed by atoms with van der Waals surface area (Å²) in [7, 11) is 0. The summed E-state index contributed by atoms with van der Waals surface area (Å²) in [4.78, 5) is 26.3. The van der Waals surface area contributed by atoms with E-state index in [1.165, 1.54) is 30.3 Å². The smallest absolute Gasteiger partial charge is 0.330 e. The first-order valence-corrected chi connectivity index (χ1v) is 7.79. The van der Waals surface area contributed by atoms with E-state index in [0.717, 1.165) is 0 Å². The number of nitrogen functional groups attached to an aromatic ring is 1. The van der Waals surface area contributed by atoms with Gasteiger partial charge < -0.3 is 11.1 Å². The molecule has 6 nitrogen and oxygen atoms in total. The van der Waals surface area contributed by atoms with E-state index < -0.39 is 11.2 Å². The number of hydrogen-bond acceptors (Lipinski definition) is 4. The van der Waals surface area contributed by atoms with E-state index in [1.807, 2.05) is 13.8 Å². The van der Waals surface area contributed by atoms with Gasteiger partial charge >= 0.3 is 5.69 Å². The van der Waals surface area contributed by atoms with E-state index in [0.29, 0.717) is 18.2 Å². The molecule has 4 N–H and O–H groups in total. The standard InChI is InChI=1S/C15H26N4O2/c1-9(2)8-19-13(16)12(14(20)18-15(19)21)17-10(3)11-6-4-5-7-11/h9-11,17H,4-8,16H2,1-3H3,(H,18,20,21). The Labute approximate surface area is 124 Å². The number of aromatic nitrogens is 2. The van der Waals surface area contributed by atoms with E-state index in [2.05, 4.69) is 17.2 Å². The van der Waals surface area contributed by atoms with Crippen LogP contribution in [-0.4, -0.2) is 15.6 Å². The molecule has 118 valence electrons. The van der Waals surface area contributed by atoms with Gasteiger partial charge in [-0.3, -0.25) is 14.3 Å². The fourth-order valence-corrected chi connectivity index (χ4v) is 3.08. The van der Waals surface area contributed by atoms with Crippen molar-refractivity contribution in [2.45, 2.75) is 59.0 Å². The summed E-state index contributed by atoms with van der Waals surface area (Å²) in [6, 6.07) is 0.181. The van der Waals surface area contributed by atoms with Crippen molar-refractivity contribution in [3.8, 4) is 0 Å². The van der Waals surface area contributed by atoms with Crippen molar-refractivity contribution in [2.24, 2.45) is 11.8 Å². The molecule has 0 amide bonds. The lowest BCUT2D eigenvalue weighted by Crippen LogP contribution is -2.37. The maximum absolute atomic E-state index is 12.0. The van der Waals surface area contributed by atoms with E-state index in [4.69, 9.17) is 5.73 Å². The SMILES string of the molecule is CC(C)Cn1c(N)c(NC(C)C2CCCC2)c(=O)[nH]c1=O. The summed E-state index contributed by atoms with van der Waals surface area (Å²) < 4.78 is 1.44. The summed E-state index contributed by atoms with van der Waals surface area (Å²) in [5, 5.41) is 3.23. The lowest BCUT2D eigenvalue weighted by molar-refractivity contribution is 0.479. The van der Waals surface area contributed by atoms with Gasteiger partial charge in [-0.2, -0.15) is 0 Å². The third kappa shape index (κ3) is 3.49. The molecule has 0 aromatic carbocycles. The second kappa shape index (κ2) is 6.37. The molecule has 1 heterocycles. The van der Waals surface area contributed by atoms with Gasteiger partial charge in [0.2, 0.25) is 0 Å². The number of nitrogens with one attached hydrogen (secondary N) is 2. The van der Waals surface area contributed by atoms with Crippen molar-refractivity contribution in [3.05, 3.63) is 20.8 Å². The Kier molecular flexibility index (Phi) is 4.75. The topological polar surface area (TPSA) is 92.9 Å². The molecule has 0 radical (unpaired) electrons. The number of hydrogen-bond donors (Lipinski definition) is 3. The number of aromatic amines is 1. The Hall–Kier alpha value is -1.72. The second-order valence-corrected chi connectivity index (χ2v) is 6.50. The van der Waals surface area contributed by atoms with Gasteiger partial charge in [0.25, 0.3) is 5.56 Å². The summed E-state index contributed by atoms with van der Waals surface area (Å²) in [5.74, 6) is 1.08. The zero-order valence-corrected chi connectivity index (χ0v) is 13.1. The van der Waals surface area contributed by atoms with Crippen LogP contribution in [0.1, 0.15) is 46.5 Å². The predicted molar refractivity (Wildman–Crippen MR) is 85.6 cm³/mol. The van der Waals surface area contributed by atoms with Gasteiger partial charge in [-0.05, 0) is 31.6 Å². The van der Waals surface area contributed by atoms with Crippen LogP contribution >= 0.6 is 0 Å². The molecule has 1 aliphatic carbocycles. The number of nitrogens with two attached hydrogens (primary N) is 1. The van der Waals surface area contributed by atoms with E-state index in [-0.39, 0.29) is 17.8 Å². The summed E-state index contributed by atoms with van der Waals surface area (Å²) >= 11 is 0. The quantitative estimate of drug-likeness (QED) is 0.771. The van der Waals surface area contributed by atoms with Gasteiger partial charge in [-0.25, -0.2) is 4.79 Å². The van der Waals surface area contributed by atoms with Gasteiger partial charge in [-0.15, -0.1) is 0 Å². The van der Waals surface area contributed by atoms with E-state index >= 15 is 0 Å². The Morgan fingerprint density at radius 3 is 2.48 bits per heavy atom. The van der Waals surface area contributed by atoms with Crippen LogP contribution < -0.4 is 22.3 Å². The van der Waals surface area contributed by atoms with Gasteiger partial charge in [0.05, 0.1) is 0 Å². The second-order valence-electron chi connectivity index (χ2n) is 6.50. The predicted octanol–water partition coefficient (Wildman–Crippen LogP) is 1.77. The average molecular weight is 294 g/mol. The minimum atomic E-state index is -0.440. The molecule has 21 heavy (non-hydrogen) atoms. The average Bonchev–Trinajstić information content (AvgIpc) is 2.93. The highest BCUT2D eigenvalue weighted by Gasteiger charge is 2.23. The van der Waals surface area contributed by atoms with Crippen LogP contribution in [0.4, 0.5) is 11.5 Å². The lowest BCUT2D eigenvalue weighted by atomic mass is 10.00. The minimum Gasteiger partial charge on any atom is -0.383 e. The van der Waals surface area contributed by atoms with Gasteiger partial charge in [0, 0.05) is 12.6 Å². The number of rotatable bonds is 5. The third-order valence-corrected chi connectivity index (χ3v) is 4.27. The molecule has 1 saturated carbocycles. The fraction of sp³-hybridized carbons (Fsp3) is 0.733. The molecule has 1 atom stereocenters. The lowest BCUT2D eigenvalue weighted by Gasteiger charge is -2.23. The molecule has 1 fully saturated rings. The number of anilines is 2. The van der Waals surface area contributed by atoms with Crippen LogP contribution in [0.3, 0.4) is 0 Å². The summed E-state index contributed by atoms with van der Waals surface area (Å²) in [6.07, 6.45) is 4.85. The molecule has 6 heteroatoms. The Morgan fingerprint density at radius 2 is 1.90 bits per heavy atom. The monoisotopic (exact) mass is 294 g/mol. The normalized spacial score (nSPS) is 17.3. The molecule has 1 aliphatic rings. The molecule has 0 aliphatic heterocycles. The van der Waals surface area contributed by atoms with Gasteiger partial charge in [0.1, 0.15) is 11.5 Å². The first kappa shape index (κ1) is 15.7. The zero-order valence-electron chi connectivity index (χ0n) is 13.1. The van der Waals surface area contributed by atoms with Crippen LogP contribution in [0.15, 0.2) is 9.59 Å². The maximum atomic E-state index is 12.0. The van der Waals surface area contributed by atoms with Crippen LogP contribution in [0.2, 0.25) is 0 Å². The van der Waals surface area contributed by atoms with Gasteiger partial charge in [0.15, 0.2) is 0 Å². The fourth-order valence-electron chi connectivity index (χ4n) is 3.08. The Balaban J connectivity index is 2.30. The Morgan fingerprint density at radius 1 is 1.29 bits per heavy atom. The van der Waals surface area contributed by atoms with E-state index in [1.54, 1.807) is 0 Å². The van der Waals surface area contributed by atoms with Crippen LogP contribution in [0.25, 0.3) is 0 Å². The van der Waals surface area contributed by atoms with E-state index in [9.17, 15) is 9.59 Å². The summed E-state index contributed by atoms with van der Waals surface area (Å²) in [5.41, 5.74) is 5.52. The first-order valence-electron chi connectivity index (χ1n) is 7.79. The Bertz CT molecular complexity index is 597. The van der Waals surface area contributed by atoms with Crippen molar-refractivity contribution < 1.29 is 0 Å². The molecule has 2 rings (SSSR count). The summed E-state index contributed by atoms with van der Waals surface area (Å²) in [6.45, 7) is 6.58. The minimum absolute atomic E-state index is 0.181. The van der Waals surface area contributed by atoms with Gasteiger partial charge in [-0.1, -0.05) is 26.7 Å². The highest BCUT2D eigenvalue weighted by molar-refractivity contribution is 5.60. The molecule has 1 aromatic heterocycles. The number of nitrogens with zero attached hydrogens (tertiary/aromatic N) is 1. The van der Waals surface area contributed by atoms with Crippen molar-refractivity contribution in [1.82, 2.24) is 9.55 Å².